The topological polar surface area (TPSA) is 102 Å². The van der Waals surface area contributed by atoms with E-state index in [0.717, 1.165) is 0 Å². The number of alkyl carbamates (subject to hydrolysis) is 1. The number of rotatable bonds is 7. The van der Waals surface area contributed by atoms with Crippen molar-refractivity contribution in [1.82, 2.24) is 5.32 Å². The number of aliphatic hydroxyl groups excluding tert-OH is 1. The molecule has 0 rings (SSSR count). The van der Waals surface area contributed by atoms with Gasteiger partial charge in [-0.25, -0.2) is 4.79 Å². The van der Waals surface area contributed by atoms with Gasteiger partial charge in [-0.3, -0.25) is 9.59 Å². The zero-order valence-corrected chi connectivity index (χ0v) is 16.8. The third-order valence-corrected chi connectivity index (χ3v) is 3.96. The predicted octanol–water partition coefficient (Wildman–Crippen LogP) is 2.30. The van der Waals surface area contributed by atoms with Gasteiger partial charge in [-0.15, -0.1) is 0 Å². The van der Waals surface area contributed by atoms with E-state index in [0.29, 0.717) is 0 Å². The molecule has 0 aromatic rings. The van der Waals surface area contributed by atoms with Crippen LogP contribution in [0.5, 0.6) is 0 Å². The number of hydrogen-bond acceptors (Lipinski definition) is 6. The van der Waals surface area contributed by atoms with Crippen LogP contribution in [-0.4, -0.2) is 47.8 Å². The van der Waals surface area contributed by atoms with Crippen LogP contribution in [0, 0.1) is 17.3 Å². The van der Waals surface area contributed by atoms with Crippen molar-refractivity contribution in [3.8, 4) is 0 Å². The van der Waals surface area contributed by atoms with Gasteiger partial charge in [-0.2, -0.15) is 0 Å². The highest BCUT2D eigenvalue weighted by Gasteiger charge is 2.45. The van der Waals surface area contributed by atoms with Gasteiger partial charge in [-0.1, -0.05) is 13.8 Å². The van der Waals surface area contributed by atoms with E-state index in [9.17, 15) is 19.5 Å². The van der Waals surface area contributed by atoms with Gasteiger partial charge in [0, 0.05) is 5.92 Å². The Hall–Kier alpha value is -1.63. The average Bonchev–Trinajstić information content (AvgIpc) is 2.43. The number of amides is 1. The van der Waals surface area contributed by atoms with Crippen molar-refractivity contribution in [3.63, 3.8) is 0 Å². The summed E-state index contributed by atoms with van der Waals surface area (Å²) in [6.07, 6.45) is -1.86. The molecule has 0 radical (unpaired) electrons. The Morgan fingerprint density at radius 2 is 1.48 bits per heavy atom. The van der Waals surface area contributed by atoms with Gasteiger partial charge in [0.05, 0.1) is 19.3 Å². The summed E-state index contributed by atoms with van der Waals surface area (Å²) in [5.74, 6) is -2.18. The van der Waals surface area contributed by atoms with Crippen molar-refractivity contribution >= 4 is 17.8 Å². The molecule has 0 saturated carbocycles. The minimum Gasteiger partial charge on any atom is -0.468 e. The summed E-state index contributed by atoms with van der Waals surface area (Å²) in [4.78, 5) is 36.7. The number of ketones is 1. The molecular formula is C18H33NO6. The van der Waals surface area contributed by atoms with E-state index >= 15 is 0 Å². The van der Waals surface area contributed by atoms with Gasteiger partial charge >= 0.3 is 12.1 Å². The minimum absolute atomic E-state index is 0.241. The molecule has 0 bridgehead atoms. The SMILES string of the molecule is COC(=O)C(C)(C)C(=O)[C@H](C(C)C)[C@@H](O)[C@H](C)NC(=O)OC(C)(C)C. The van der Waals surface area contributed by atoms with Gasteiger partial charge in [0.1, 0.15) is 11.0 Å². The molecule has 2 N–H and O–H groups in total. The Morgan fingerprint density at radius 1 is 1.00 bits per heavy atom. The fourth-order valence-corrected chi connectivity index (χ4v) is 2.51. The van der Waals surface area contributed by atoms with Crippen LogP contribution in [-0.2, 0) is 19.1 Å². The molecule has 0 spiro atoms. The number of nitrogens with one attached hydrogen (secondary N) is 1. The minimum atomic E-state index is -1.39. The average molecular weight is 359 g/mol. The highest BCUT2D eigenvalue weighted by molar-refractivity contribution is 6.04. The molecule has 7 nitrogen and oxygen atoms in total. The molecule has 7 heteroatoms. The van der Waals surface area contributed by atoms with Crippen LogP contribution in [0.15, 0.2) is 0 Å². The van der Waals surface area contributed by atoms with Gasteiger partial charge in [0.2, 0.25) is 0 Å². The van der Waals surface area contributed by atoms with Crippen molar-refractivity contribution < 1.29 is 29.0 Å². The van der Waals surface area contributed by atoms with Crippen molar-refractivity contribution in [2.24, 2.45) is 17.3 Å². The Labute approximate surface area is 150 Å². The van der Waals surface area contributed by atoms with Gasteiger partial charge in [0.15, 0.2) is 5.78 Å². The van der Waals surface area contributed by atoms with E-state index in [1.165, 1.54) is 21.0 Å². The second-order valence-corrected chi connectivity index (χ2v) is 8.18. The number of aliphatic hydroxyl groups is 1. The Morgan fingerprint density at radius 3 is 1.84 bits per heavy atom. The monoisotopic (exact) mass is 359 g/mol. The maximum Gasteiger partial charge on any atom is 0.407 e. The van der Waals surface area contributed by atoms with Crippen LogP contribution in [0.3, 0.4) is 0 Å². The lowest BCUT2D eigenvalue weighted by Gasteiger charge is -2.34. The van der Waals surface area contributed by atoms with E-state index in [1.807, 2.05) is 0 Å². The van der Waals surface area contributed by atoms with Gasteiger partial charge in [-0.05, 0) is 47.5 Å². The predicted molar refractivity (Wildman–Crippen MR) is 94.0 cm³/mol. The van der Waals surface area contributed by atoms with E-state index in [-0.39, 0.29) is 5.92 Å². The zero-order chi connectivity index (χ0) is 20.2. The Bertz CT molecular complexity index is 492. The largest absolute Gasteiger partial charge is 0.468 e. The first-order valence-corrected chi connectivity index (χ1v) is 8.45. The lowest BCUT2D eigenvalue weighted by molar-refractivity contribution is -0.159. The molecule has 0 aliphatic carbocycles. The smallest absolute Gasteiger partial charge is 0.407 e. The van der Waals surface area contributed by atoms with Gasteiger partial charge in [0.25, 0.3) is 0 Å². The molecule has 0 unspecified atom stereocenters. The number of carbonyl (C=O) groups excluding carboxylic acids is 3. The Kier molecular flexibility index (Phi) is 8.08. The Balaban J connectivity index is 5.30. The number of hydrogen-bond donors (Lipinski definition) is 2. The first-order valence-electron chi connectivity index (χ1n) is 8.45. The molecule has 0 aromatic carbocycles. The van der Waals surface area contributed by atoms with Crippen LogP contribution in [0.4, 0.5) is 4.79 Å². The molecule has 1 amide bonds. The fourth-order valence-electron chi connectivity index (χ4n) is 2.51. The van der Waals surface area contributed by atoms with Crippen molar-refractivity contribution in [3.05, 3.63) is 0 Å². The van der Waals surface area contributed by atoms with Crippen molar-refractivity contribution in [2.45, 2.75) is 73.1 Å². The first-order chi connectivity index (χ1) is 11.1. The first kappa shape index (κ1) is 23.4. The molecule has 0 aliphatic heterocycles. The van der Waals surface area contributed by atoms with Crippen LogP contribution in [0.2, 0.25) is 0 Å². The zero-order valence-electron chi connectivity index (χ0n) is 16.8. The maximum absolute atomic E-state index is 12.9. The fraction of sp³-hybridized carbons (Fsp3) is 0.833. The molecule has 0 fully saturated rings. The molecule has 0 aliphatic rings. The molecule has 25 heavy (non-hydrogen) atoms. The molecular weight excluding hydrogens is 326 g/mol. The standard InChI is InChI=1S/C18H33NO6/c1-10(2)12(14(21)18(7,8)15(22)24-9)13(20)11(3)19-16(23)25-17(4,5)6/h10-13,20H,1-9H3,(H,19,23)/t11-,12+,13-/m0/s1. The quantitative estimate of drug-likeness (QED) is 0.534. The van der Waals surface area contributed by atoms with E-state index < -0.39 is 46.9 Å². The second kappa shape index (κ2) is 8.65. The number of esters is 1. The summed E-state index contributed by atoms with van der Waals surface area (Å²) in [6.45, 7) is 13.3. The summed E-state index contributed by atoms with van der Waals surface area (Å²) in [5, 5.41) is 13.2. The molecule has 3 atom stereocenters. The summed E-state index contributed by atoms with van der Waals surface area (Å²) in [7, 11) is 1.21. The van der Waals surface area contributed by atoms with Crippen LogP contribution < -0.4 is 5.32 Å². The number of carbonyl (C=O) groups is 3. The number of ether oxygens (including phenoxy) is 2. The third-order valence-electron chi connectivity index (χ3n) is 3.96. The molecule has 0 aromatic heterocycles. The van der Waals surface area contributed by atoms with E-state index in [1.54, 1.807) is 41.5 Å². The summed E-state index contributed by atoms with van der Waals surface area (Å²) in [5.41, 5.74) is -2.06. The van der Waals surface area contributed by atoms with E-state index in [4.69, 9.17) is 9.47 Å². The second-order valence-electron chi connectivity index (χ2n) is 8.18. The van der Waals surface area contributed by atoms with E-state index in [2.05, 4.69) is 5.32 Å². The van der Waals surface area contributed by atoms with Crippen molar-refractivity contribution in [2.75, 3.05) is 7.11 Å². The lowest BCUT2D eigenvalue weighted by atomic mass is 9.73. The summed E-state index contributed by atoms with van der Waals surface area (Å²) in [6, 6.07) is -0.736. The summed E-state index contributed by atoms with van der Waals surface area (Å²) < 4.78 is 9.86. The third kappa shape index (κ3) is 6.65. The number of Topliss-reactive ketones (excluding diaryl/α,β-unsaturated/α-hetero) is 1. The molecule has 0 saturated heterocycles. The molecule has 146 valence electrons. The van der Waals surface area contributed by atoms with Crippen molar-refractivity contribution in [1.29, 1.82) is 0 Å². The lowest BCUT2D eigenvalue weighted by Crippen LogP contribution is -2.52. The highest BCUT2D eigenvalue weighted by atomic mass is 16.6. The van der Waals surface area contributed by atoms with Gasteiger partial charge < -0.3 is 19.9 Å². The van der Waals surface area contributed by atoms with Crippen LogP contribution in [0.25, 0.3) is 0 Å². The summed E-state index contributed by atoms with van der Waals surface area (Å²) >= 11 is 0. The normalized spacial score (nSPS) is 16.0. The van der Waals surface area contributed by atoms with Crippen LogP contribution >= 0.6 is 0 Å². The van der Waals surface area contributed by atoms with Crippen LogP contribution in [0.1, 0.15) is 55.4 Å². The maximum atomic E-state index is 12.9. The highest BCUT2D eigenvalue weighted by Crippen LogP contribution is 2.30. The number of methoxy groups -OCH3 is 1. The molecule has 0 heterocycles.